The molecule has 6 heteroatoms. The van der Waals surface area contributed by atoms with Crippen LogP contribution in [0.15, 0.2) is 24.3 Å². The van der Waals surface area contributed by atoms with E-state index in [4.69, 9.17) is 4.74 Å². The Morgan fingerprint density at radius 3 is 2.22 bits per heavy atom. The van der Waals surface area contributed by atoms with Crippen LogP contribution in [0.3, 0.4) is 0 Å². The third-order valence-electron chi connectivity index (χ3n) is 3.11. The van der Waals surface area contributed by atoms with E-state index in [1.165, 1.54) is 11.8 Å². The zero-order valence-electron chi connectivity index (χ0n) is 14.6. The van der Waals surface area contributed by atoms with Gasteiger partial charge in [0.25, 0.3) is 0 Å². The zero-order chi connectivity index (χ0) is 17.4. The Balaban J connectivity index is 2.55. The fourth-order valence-electron chi connectivity index (χ4n) is 1.93. The molecule has 0 heterocycles. The molecule has 0 saturated heterocycles. The molecule has 2 amide bonds. The summed E-state index contributed by atoms with van der Waals surface area (Å²) in [6, 6.07) is 7.19. The number of carbonyl (C=O) groups excluding carboxylic acids is 2. The second kappa shape index (κ2) is 9.15. The molecule has 0 aliphatic carbocycles. The highest BCUT2D eigenvalue weighted by molar-refractivity contribution is 5.94. The molecule has 0 spiro atoms. The summed E-state index contributed by atoms with van der Waals surface area (Å²) in [4.78, 5) is 27.2. The summed E-state index contributed by atoms with van der Waals surface area (Å²) in [5.74, 6) is 0.438. The standard InChI is InChI=1S/C17H27N3O3/c1-13(2)23-16-8-6-15(7-9-16)18-17(22)12-20(14(3)21)11-10-19(4)5/h6-9,13H,10-12H2,1-5H3,(H,18,22). The van der Waals surface area contributed by atoms with Crippen LogP contribution >= 0.6 is 0 Å². The highest BCUT2D eigenvalue weighted by Gasteiger charge is 2.14. The maximum absolute atomic E-state index is 12.1. The first-order valence-electron chi connectivity index (χ1n) is 7.74. The minimum absolute atomic E-state index is 0.0490. The van der Waals surface area contributed by atoms with Crippen molar-refractivity contribution >= 4 is 17.5 Å². The van der Waals surface area contributed by atoms with Gasteiger partial charge in [-0.05, 0) is 52.2 Å². The summed E-state index contributed by atoms with van der Waals surface area (Å²) in [6.07, 6.45) is 0.108. The van der Waals surface area contributed by atoms with E-state index in [2.05, 4.69) is 5.32 Å². The van der Waals surface area contributed by atoms with Gasteiger partial charge in [-0.3, -0.25) is 9.59 Å². The molecular formula is C17H27N3O3. The van der Waals surface area contributed by atoms with E-state index < -0.39 is 0 Å². The molecule has 1 rings (SSSR count). The van der Waals surface area contributed by atoms with Gasteiger partial charge in [0.05, 0.1) is 12.6 Å². The van der Waals surface area contributed by atoms with Crippen molar-refractivity contribution in [3.05, 3.63) is 24.3 Å². The number of nitrogens with one attached hydrogen (secondary N) is 1. The molecule has 0 aliphatic heterocycles. The van der Waals surface area contributed by atoms with E-state index in [0.717, 1.165) is 5.75 Å². The first-order chi connectivity index (χ1) is 10.8. The van der Waals surface area contributed by atoms with Crippen molar-refractivity contribution in [1.82, 2.24) is 9.80 Å². The predicted octanol–water partition coefficient (Wildman–Crippen LogP) is 1.82. The average Bonchev–Trinajstić information content (AvgIpc) is 2.44. The van der Waals surface area contributed by atoms with Gasteiger partial charge >= 0.3 is 0 Å². The number of hydrogen-bond acceptors (Lipinski definition) is 4. The lowest BCUT2D eigenvalue weighted by Gasteiger charge is -2.22. The van der Waals surface area contributed by atoms with Crippen molar-refractivity contribution in [3.63, 3.8) is 0 Å². The van der Waals surface area contributed by atoms with E-state index in [9.17, 15) is 9.59 Å². The Hall–Kier alpha value is -2.08. The number of anilines is 1. The number of amides is 2. The summed E-state index contributed by atoms with van der Waals surface area (Å²) in [5, 5.41) is 2.79. The Labute approximate surface area is 138 Å². The average molecular weight is 321 g/mol. The summed E-state index contributed by atoms with van der Waals surface area (Å²) in [6.45, 7) is 6.68. The van der Waals surface area contributed by atoms with E-state index in [0.29, 0.717) is 18.8 Å². The Morgan fingerprint density at radius 1 is 1.13 bits per heavy atom. The van der Waals surface area contributed by atoms with Gasteiger partial charge in [-0.15, -0.1) is 0 Å². The number of benzene rings is 1. The third-order valence-corrected chi connectivity index (χ3v) is 3.11. The normalized spacial score (nSPS) is 10.7. The van der Waals surface area contributed by atoms with Crippen LogP contribution in [0.2, 0.25) is 0 Å². The van der Waals surface area contributed by atoms with Crippen LogP contribution in [0, 0.1) is 0 Å². The maximum Gasteiger partial charge on any atom is 0.243 e. The third kappa shape index (κ3) is 7.65. The number of carbonyl (C=O) groups is 2. The molecule has 0 unspecified atom stereocenters. The molecule has 128 valence electrons. The fourth-order valence-corrected chi connectivity index (χ4v) is 1.93. The van der Waals surface area contributed by atoms with Crippen LogP contribution in [0.5, 0.6) is 5.75 Å². The molecule has 0 bridgehead atoms. The van der Waals surface area contributed by atoms with Gasteiger partial charge < -0.3 is 19.9 Å². The molecule has 6 nitrogen and oxygen atoms in total. The van der Waals surface area contributed by atoms with E-state index in [-0.39, 0.29) is 24.5 Å². The van der Waals surface area contributed by atoms with Crippen molar-refractivity contribution in [1.29, 1.82) is 0 Å². The summed E-state index contributed by atoms with van der Waals surface area (Å²) in [7, 11) is 3.86. The van der Waals surface area contributed by atoms with Crippen LogP contribution in [0.25, 0.3) is 0 Å². The molecule has 1 aromatic carbocycles. The minimum atomic E-state index is -0.212. The van der Waals surface area contributed by atoms with Gasteiger partial charge in [0, 0.05) is 25.7 Å². The lowest BCUT2D eigenvalue weighted by atomic mass is 10.3. The quantitative estimate of drug-likeness (QED) is 0.793. The first kappa shape index (κ1) is 19.0. The summed E-state index contributed by atoms with van der Waals surface area (Å²) < 4.78 is 5.55. The topological polar surface area (TPSA) is 61.9 Å². The number of hydrogen-bond donors (Lipinski definition) is 1. The van der Waals surface area contributed by atoms with Crippen LogP contribution in [0.1, 0.15) is 20.8 Å². The summed E-state index contributed by atoms with van der Waals surface area (Å²) in [5.41, 5.74) is 0.683. The molecule has 0 atom stereocenters. The molecule has 0 fully saturated rings. The maximum atomic E-state index is 12.1. The molecule has 23 heavy (non-hydrogen) atoms. The Kier molecular flexibility index (Phi) is 7.54. The van der Waals surface area contributed by atoms with Crippen LogP contribution in [-0.4, -0.2) is 61.4 Å². The highest BCUT2D eigenvalue weighted by atomic mass is 16.5. The van der Waals surface area contributed by atoms with Crippen molar-refractivity contribution < 1.29 is 14.3 Å². The van der Waals surface area contributed by atoms with Gasteiger partial charge in [0.1, 0.15) is 5.75 Å². The second-order valence-electron chi connectivity index (χ2n) is 5.98. The molecule has 1 aromatic rings. The zero-order valence-corrected chi connectivity index (χ0v) is 14.6. The number of rotatable bonds is 8. The summed E-state index contributed by atoms with van der Waals surface area (Å²) >= 11 is 0. The molecule has 1 N–H and O–H groups in total. The van der Waals surface area contributed by atoms with Crippen LogP contribution in [-0.2, 0) is 9.59 Å². The number of likely N-dealkylation sites (N-methyl/N-ethyl adjacent to an activating group) is 1. The molecule has 0 radical (unpaired) electrons. The van der Waals surface area contributed by atoms with E-state index in [1.807, 2.05) is 45.0 Å². The van der Waals surface area contributed by atoms with Crippen LogP contribution < -0.4 is 10.1 Å². The molecule has 0 saturated carbocycles. The van der Waals surface area contributed by atoms with Gasteiger partial charge in [0.15, 0.2) is 0 Å². The van der Waals surface area contributed by atoms with Gasteiger partial charge in [-0.2, -0.15) is 0 Å². The largest absolute Gasteiger partial charge is 0.491 e. The minimum Gasteiger partial charge on any atom is -0.491 e. The van der Waals surface area contributed by atoms with Crippen molar-refractivity contribution in [2.45, 2.75) is 26.9 Å². The molecule has 0 aliphatic rings. The SMILES string of the molecule is CC(=O)N(CCN(C)C)CC(=O)Nc1ccc(OC(C)C)cc1. The molecule has 0 aromatic heterocycles. The van der Waals surface area contributed by atoms with Gasteiger partial charge in [-0.25, -0.2) is 0 Å². The van der Waals surface area contributed by atoms with Gasteiger partial charge in [0.2, 0.25) is 11.8 Å². The first-order valence-corrected chi connectivity index (χ1v) is 7.74. The predicted molar refractivity (Wildman–Crippen MR) is 91.6 cm³/mol. The van der Waals surface area contributed by atoms with Gasteiger partial charge in [-0.1, -0.05) is 0 Å². The van der Waals surface area contributed by atoms with Crippen LogP contribution in [0.4, 0.5) is 5.69 Å². The van der Waals surface area contributed by atoms with Crippen molar-refractivity contribution in [2.75, 3.05) is 39.0 Å². The Bertz CT molecular complexity index is 512. The smallest absolute Gasteiger partial charge is 0.243 e. The Morgan fingerprint density at radius 2 is 1.74 bits per heavy atom. The fraction of sp³-hybridized carbons (Fsp3) is 0.529. The second-order valence-corrected chi connectivity index (χ2v) is 5.98. The van der Waals surface area contributed by atoms with Crippen molar-refractivity contribution in [2.24, 2.45) is 0 Å². The van der Waals surface area contributed by atoms with E-state index in [1.54, 1.807) is 12.1 Å². The lowest BCUT2D eigenvalue weighted by Crippen LogP contribution is -2.40. The lowest BCUT2D eigenvalue weighted by molar-refractivity contribution is -0.132. The monoisotopic (exact) mass is 321 g/mol. The number of nitrogens with zero attached hydrogens (tertiary/aromatic N) is 2. The number of ether oxygens (including phenoxy) is 1. The van der Waals surface area contributed by atoms with E-state index >= 15 is 0 Å². The highest BCUT2D eigenvalue weighted by Crippen LogP contribution is 2.16. The molecular weight excluding hydrogens is 294 g/mol. The van der Waals surface area contributed by atoms with Crippen molar-refractivity contribution in [3.8, 4) is 5.75 Å².